The predicted octanol–water partition coefficient (Wildman–Crippen LogP) is 1.74. The zero-order chi connectivity index (χ0) is 14.5. The van der Waals surface area contributed by atoms with Crippen LogP contribution < -0.4 is 5.32 Å². The minimum absolute atomic E-state index is 0.0265. The molecular formula is C14H28N2O2S. The Morgan fingerprint density at radius 1 is 1.37 bits per heavy atom. The van der Waals surface area contributed by atoms with Gasteiger partial charge in [-0.2, -0.15) is 11.8 Å². The third-order valence-corrected chi connectivity index (χ3v) is 4.14. The Morgan fingerprint density at radius 2 is 1.95 bits per heavy atom. The predicted molar refractivity (Wildman–Crippen MR) is 81.7 cm³/mol. The molecule has 0 aromatic rings. The molecule has 1 fully saturated rings. The first-order chi connectivity index (χ1) is 8.85. The van der Waals surface area contributed by atoms with Crippen LogP contribution in [-0.4, -0.2) is 60.2 Å². The second kappa shape index (κ2) is 7.50. The van der Waals surface area contributed by atoms with Crippen molar-refractivity contribution in [2.24, 2.45) is 0 Å². The molecule has 2 unspecified atom stereocenters. The number of thioether (sulfide) groups is 1. The van der Waals surface area contributed by atoms with Crippen LogP contribution >= 0.6 is 11.8 Å². The van der Waals surface area contributed by atoms with Crippen molar-refractivity contribution in [3.8, 4) is 0 Å². The molecule has 1 N–H and O–H groups in total. The zero-order valence-corrected chi connectivity index (χ0v) is 13.7. The molecule has 0 saturated carbocycles. The van der Waals surface area contributed by atoms with E-state index in [4.69, 9.17) is 4.74 Å². The molecular weight excluding hydrogens is 260 g/mol. The lowest BCUT2D eigenvalue weighted by molar-refractivity contribution is -0.122. The van der Waals surface area contributed by atoms with Gasteiger partial charge in [-0.15, -0.1) is 0 Å². The van der Waals surface area contributed by atoms with Gasteiger partial charge < -0.3 is 10.1 Å². The van der Waals surface area contributed by atoms with Crippen LogP contribution in [0.25, 0.3) is 0 Å². The van der Waals surface area contributed by atoms with Gasteiger partial charge in [0, 0.05) is 37.3 Å². The molecule has 0 radical (unpaired) electrons. The smallest absolute Gasteiger partial charge is 0.220 e. The van der Waals surface area contributed by atoms with Crippen molar-refractivity contribution in [1.82, 2.24) is 10.2 Å². The molecule has 0 aromatic heterocycles. The van der Waals surface area contributed by atoms with Crippen LogP contribution in [0.1, 0.15) is 34.1 Å². The van der Waals surface area contributed by atoms with Gasteiger partial charge in [0.25, 0.3) is 0 Å². The number of morpholine rings is 1. The number of hydrogen-bond donors (Lipinski definition) is 1. The Bertz CT molecular complexity index is 287. The fourth-order valence-corrected chi connectivity index (χ4v) is 2.77. The van der Waals surface area contributed by atoms with E-state index in [-0.39, 0.29) is 23.7 Å². The second-order valence-corrected chi connectivity index (χ2v) is 6.98. The molecule has 1 heterocycles. The summed E-state index contributed by atoms with van der Waals surface area (Å²) in [5, 5.41) is 3.05. The highest BCUT2D eigenvalue weighted by Crippen LogP contribution is 2.20. The molecule has 0 bridgehead atoms. The van der Waals surface area contributed by atoms with Crippen LogP contribution in [0.3, 0.4) is 0 Å². The van der Waals surface area contributed by atoms with Gasteiger partial charge in [0.15, 0.2) is 0 Å². The molecule has 1 amide bonds. The van der Waals surface area contributed by atoms with E-state index in [0.717, 1.165) is 18.8 Å². The first kappa shape index (κ1) is 16.8. The van der Waals surface area contributed by atoms with Crippen molar-refractivity contribution in [2.45, 2.75) is 51.9 Å². The van der Waals surface area contributed by atoms with Gasteiger partial charge in [0.05, 0.1) is 12.2 Å². The number of amides is 1. The fourth-order valence-electron chi connectivity index (χ4n) is 2.38. The highest BCUT2D eigenvalue weighted by Gasteiger charge is 2.33. The summed E-state index contributed by atoms with van der Waals surface area (Å²) < 4.78 is 5.76. The van der Waals surface area contributed by atoms with Crippen molar-refractivity contribution in [2.75, 3.05) is 31.6 Å². The highest BCUT2D eigenvalue weighted by molar-refractivity contribution is 7.98. The molecule has 1 aliphatic heterocycles. The molecule has 112 valence electrons. The molecule has 0 spiro atoms. The van der Waals surface area contributed by atoms with Gasteiger partial charge in [-0.05, 0) is 34.0 Å². The Labute approximate surface area is 121 Å². The number of carbonyl (C=O) groups is 1. The number of nitrogens with zero attached hydrogens (tertiary/aromatic N) is 1. The van der Waals surface area contributed by atoms with Crippen LogP contribution in [0.15, 0.2) is 0 Å². The van der Waals surface area contributed by atoms with Crippen LogP contribution in [0.2, 0.25) is 0 Å². The van der Waals surface area contributed by atoms with Gasteiger partial charge in [-0.25, -0.2) is 0 Å². The zero-order valence-electron chi connectivity index (χ0n) is 12.9. The molecule has 1 aliphatic rings. The number of nitrogens with one attached hydrogen (secondary N) is 1. The Balaban J connectivity index is 2.43. The molecule has 0 aromatic carbocycles. The van der Waals surface area contributed by atoms with Crippen molar-refractivity contribution in [3.63, 3.8) is 0 Å². The number of ether oxygens (including phenoxy) is 1. The first-order valence-electron chi connectivity index (χ1n) is 7.01. The van der Waals surface area contributed by atoms with Gasteiger partial charge >= 0.3 is 0 Å². The standard InChI is InChI=1S/C14H28N2O2S/c1-11-8-16(9-12(2)18-11)14(3,4)10-15-13(17)6-7-19-5/h11-12H,6-10H2,1-5H3,(H,15,17). The van der Waals surface area contributed by atoms with Gasteiger partial charge in [-0.3, -0.25) is 9.69 Å². The summed E-state index contributed by atoms with van der Waals surface area (Å²) in [6.07, 6.45) is 3.14. The van der Waals surface area contributed by atoms with E-state index in [1.807, 2.05) is 6.26 Å². The van der Waals surface area contributed by atoms with E-state index < -0.39 is 0 Å². The Kier molecular flexibility index (Phi) is 6.63. The van der Waals surface area contributed by atoms with E-state index in [2.05, 4.69) is 37.9 Å². The van der Waals surface area contributed by atoms with Gasteiger partial charge in [0.1, 0.15) is 0 Å². The number of rotatable bonds is 6. The van der Waals surface area contributed by atoms with Crippen LogP contribution in [0.4, 0.5) is 0 Å². The van der Waals surface area contributed by atoms with Crippen molar-refractivity contribution in [3.05, 3.63) is 0 Å². The van der Waals surface area contributed by atoms with E-state index in [1.165, 1.54) is 0 Å². The molecule has 5 heteroatoms. The normalized spacial score (nSPS) is 25.3. The summed E-state index contributed by atoms with van der Waals surface area (Å²) in [5.74, 6) is 1.04. The number of hydrogen-bond acceptors (Lipinski definition) is 4. The summed E-state index contributed by atoms with van der Waals surface area (Å²) in [5.41, 5.74) is -0.0265. The average Bonchev–Trinajstić information content (AvgIpc) is 2.32. The quantitative estimate of drug-likeness (QED) is 0.808. The maximum atomic E-state index is 11.7. The van der Waals surface area contributed by atoms with Crippen LogP contribution in [-0.2, 0) is 9.53 Å². The topological polar surface area (TPSA) is 41.6 Å². The SMILES string of the molecule is CSCCC(=O)NCC(C)(C)N1CC(C)OC(C)C1. The summed E-state index contributed by atoms with van der Waals surface area (Å²) >= 11 is 1.70. The average molecular weight is 288 g/mol. The molecule has 1 saturated heterocycles. The largest absolute Gasteiger partial charge is 0.373 e. The van der Waals surface area contributed by atoms with E-state index in [0.29, 0.717) is 13.0 Å². The molecule has 0 aliphatic carbocycles. The molecule has 1 rings (SSSR count). The number of carbonyl (C=O) groups excluding carboxylic acids is 1. The second-order valence-electron chi connectivity index (χ2n) is 5.99. The summed E-state index contributed by atoms with van der Waals surface area (Å²) in [4.78, 5) is 14.1. The first-order valence-corrected chi connectivity index (χ1v) is 8.40. The third-order valence-electron chi connectivity index (χ3n) is 3.53. The monoisotopic (exact) mass is 288 g/mol. The Morgan fingerprint density at radius 3 is 2.47 bits per heavy atom. The maximum absolute atomic E-state index is 11.7. The Hall–Kier alpha value is -0.260. The van der Waals surface area contributed by atoms with Gasteiger partial charge in [0.2, 0.25) is 5.91 Å². The van der Waals surface area contributed by atoms with Crippen molar-refractivity contribution < 1.29 is 9.53 Å². The summed E-state index contributed by atoms with van der Waals surface area (Å²) in [6.45, 7) is 11.1. The van der Waals surface area contributed by atoms with Gasteiger partial charge in [-0.1, -0.05) is 0 Å². The lowest BCUT2D eigenvalue weighted by atomic mass is 10.00. The molecule has 19 heavy (non-hydrogen) atoms. The lowest BCUT2D eigenvalue weighted by Crippen LogP contribution is -2.58. The summed E-state index contributed by atoms with van der Waals surface area (Å²) in [7, 11) is 0. The van der Waals surface area contributed by atoms with Crippen molar-refractivity contribution in [1.29, 1.82) is 0 Å². The fraction of sp³-hybridized carbons (Fsp3) is 0.929. The minimum atomic E-state index is -0.0265. The van der Waals surface area contributed by atoms with E-state index in [9.17, 15) is 4.79 Å². The summed E-state index contributed by atoms with van der Waals surface area (Å²) in [6, 6.07) is 0. The van der Waals surface area contributed by atoms with E-state index >= 15 is 0 Å². The maximum Gasteiger partial charge on any atom is 0.220 e. The minimum Gasteiger partial charge on any atom is -0.373 e. The molecule has 4 nitrogen and oxygen atoms in total. The third kappa shape index (κ3) is 5.71. The van der Waals surface area contributed by atoms with E-state index in [1.54, 1.807) is 11.8 Å². The highest BCUT2D eigenvalue weighted by atomic mass is 32.2. The van der Waals surface area contributed by atoms with Crippen LogP contribution in [0, 0.1) is 0 Å². The van der Waals surface area contributed by atoms with Crippen molar-refractivity contribution >= 4 is 17.7 Å². The molecule has 2 atom stereocenters. The van der Waals surface area contributed by atoms with Crippen LogP contribution in [0.5, 0.6) is 0 Å². The lowest BCUT2D eigenvalue weighted by Gasteiger charge is -2.45.